The van der Waals surface area contributed by atoms with Gasteiger partial charge < -0.3 is 5.32 Å². The van der Waals surface area contributed by atoms with Gasteiger partial charge in [-0.2, -0.15) is 5.10 Å². The second kappa shape index (κ2) is 6.49. The van der Waals surface area contributed by atoms with Gasteiger partial charge in [-0.3, -0.25) is 0 Å². The zero-order chi connectivity index (χ0) is 15.5. The number of halogens is 1. The number of rotatable bonds is 6. The average molecular weight is 328 g/mol. The Bertz CT molecular complexity index is 699. The molecule has 0 aliphatic heterocycles. The molecule has 1 aromatic heterocycles. The van der Waals surface area contributed by atoms with Gasteiger partial charge in [0.2, 0.25) is 0 Å². The molecule has 1 atom stereocenters. The van der Waals surface area contributed by atoms with Crippen LogP contribution in [0.2, 0.25) is 5.02 Å². The Morgan fingerprint density at radius 3 is 2.81 bits per heavy atom. The Morgan fingerprint density at radius 1 is 1.43 bits per heavy atom. The molecule has 0 saturated heterocycles. The average Bonchev–Trinajstić information content (AvgIpc) is 2.92. The van der Waals surface area contributed by atoms with E-state index in [0.29, 0.717) is 5.02 Å². The van der Waals surface area contributed by atoms with Gasteiger partial charge in [-0.05, 0) is 31.2 Å². The van der Waals surface area contributed by atoms with Crippen LogP contribution in [-0.4, -0.2) is 35.7 Å². The van der Waals surface area contributed by atoms with Crippen LogP contribution < -0.4 is 5.32 Å². The van der Waals surface area contributed by atoms with E-state index in [0.717, 1.165) is 11.4 Å². The van der Waals surface area contributed by atoms with E-state index < -0.39 is 9.84 Å². The van der Waals surface area contributed by atoms with E-state index in [1.54, 1.807) is 29.9 Å². The molecule has 1 unspecified atom stereocenters. The van der Waals surface area contributed by atoms with Crippen molar-refractivity contribution in [2.45, 2.75) is 19.9 Å². The van der Waals surface area contributed by atoms with Crippen LogP contribution in [0.25, 0.3) is 5.69 Å². The van der Waals surface area contributed by atoms with Crippen molar-refractivity contribution in [1.29, 1.82) is 0 Å². The van der Waals surface area contributed by atoms with Gasteiger partial charge in [0.15, 0.2) is 9.84 Å². The lowest BCUT2D eigenvalue weighted by molar-refractivity contribution is 0.593. The normalized spacial score (nSPS) is 13.1. The highest BCUT2D eigenvalue weighted by atomic mass is 35.5. The Balaban J connectivity index is 2.25. The summed E-state index contributed by atoms with van der Waals surface area (Å²) in [4.78, 5) is 0. The van der Waals surface area contributed by atoms with Crippen molar-refractivity contribution in [2.75, 3.05) is 16.8 Å². The molecular formula is C14H18ClN3O2S. The van der Waals surface area contributed by atoms with Crippen LogP contribution in [0.1, 0.15) is 13.8 Å². The van der Waals surface area contributed by atoms with Crippen molar-refractivity contribution in [3.8, 4) is 5.69 Å². The summed E-state index contributed by atoms with van der Waals surface area (Å²) in [5, 5.41) is 7.98. The van der Waals surface area contributed by atoms with E-state index in [4.69, 9.17) is 11.6 Å². The third-order valence-corrected chi connectivity index (χ3v) is 5.18. The number of nitrogens with one attached hydrogen (secondary N) is 1. The van der Waals surface area contributed by atoms with Gasteiger partial charge in [-0.1, -0.05) is 18.5 Å². The number of nitrogens with zero attached hydrogens (tertiary/aromatic N) is 2. The highest BCUT2D eigenvalue weighted by Crippen LogP contribution is 2.25. The maximum Gasteiger partial charge on any atom is 0.152 e. The second-order valence-electron chi connectivity index (χ2n) is 4.86. The van der Waals surface area contributed by atoms with Crippen molar-refractivity contribution in [2.24, 2.45) is 0 Å². The number of aromatic nitrogens is 2. The Labute approximate surface area is 129 Å². The first-order chi connectivity index (χ1) is 9.91. The topological polar surface area (TPSA) is 64.0 Å². The molecule has 0 spiro atoms. The molecular weight excluding hydrogens is 310 g/mol. The molecule has 2 rings (SSSR count). The molecule has 0 fully saturated rings. The first-order valence-electron chi connectivity index (χ1n) is 6.68. The third kappa shape index (κ3) is 4.22. The summed E-state index contributed by atoms with van der Waals surface area (Å²) in [5.41, 5.74) is 1.58. The lowest BCUT2D eigenvalue weighted by atomic mass is 10.2. The molecule has 0 amide bonds. The van der Waals surface area contributed by atoms with E-state index in [2.05, 4.69) is 10.4 Å². The summed E-state index contributed by atoms with van der Waals surface area (Å²) < 4.78 is 25.1. The predicted molar refractivity (Wildman–Crippen MR) is 86.0 cm³/mol. The minimum atomic E-state index is -3.03. The lowest BCUT2D eigenvalue weighted by Crippen LogP contribution is -2.27. The van der Waals surface area contributed by atoms with Crippen molar-refractivity contribution in [3.63, 3.8) is 0 Å². The summed E-state index contributed by atoms with van der Waals surface area (Å²) in [5.74, 6) is 0.217. The molecule has 0 radical (unpaired) electrons. The van der Waals surface area contributed by atoms with Crippen molar-refractivity contribution < 1.29 is 8.42 Å². The van der Waals surface area contributed by atoms with Crippen LogP contribution in [0.15, 0.2) is 36.7 Å². The summed E-state index contributed by atoms with van der Waals surface area (Å²) in [6.45, 7) is 3.48. The summed E-state index contributed by atoms with van der Waals surface area (Å²) in [7, 11) is -3.03. The van der Waals surface area contributed by atoms with Gasteiger partial charge in [0, 0.05) is 29.2 Å². The van der Waals surface area contributed by atoms with Crippen LogP contribution >= 0.6 is 11.6 Å². The van der Waals surface area contributed by atoms with Gasteiger partial charge in [-0.15, -0.1) is 0 Å². The van der Waals surface area contributed by atoms with Gasteiger partial charge >= 0.3 is 0 Å². The first kappa shape index (κ1) is 15.9. The predicted octanol–water partition coefficient (Wildman–Crippen LogP) is 2.76. The van der Waals surface area contributed by atoms with Gasteiger partial charge in [0.25, 0.3) is 0 Å². The molecule has 0 aliphatic rings. The fraction of sp³-hybridized carbons (Fsp3) is 0.357. The van der Waals surface area contributed by atoms with Crippen molar-refractivity contribution in [3.05, 3.63) is 41.7 Å². The smallest absolute Gasteiger partial charge is 0.152 e. The summed E-state index contributed by atoms with van der Waals surface area (Å²) in [6.07, 6.45) is 3.51. The summed E-state index contributed by atoms with van der Waals surface area (Å²) >= 11 is 6.03. The Morgan fingerprint density at radius 2 is 2.19 bits per heavy atom. The third-order valence-electron chi connectivity index (χ3n) is 3.06. The lowest BCUT2D eigenvalue weighted by Gasteiger charge is -2.18. The molecule has 1 N–H and O–H groups in total. The number of hydrogen-bond acceptors (Lipinski definition) is 4. The van der Waals surface area contributed by atoms with Crippen LogP contribution in [0.5, 0.6) is 0 Å². The molecule has 1 aromatic carbocycles. The van der Waals surface area contributed by atoms with Gasteiger partial charge in [0.05, 0.1) is 17.1 Å². The molecule has 0 saturated carbocycles. The second-order valence-corrected chi connectivity index (χ2v) is 7.69. The number of hydrogen-bond donors (Lipinski definition) is 1. The van der Waals surface area contributed by atoms with Crippen molar-refractivity contribution in [1.82, 2.24) is 9.78 Å². The van der Waals surface area contributed by atoms with E-state index >= 15 is 0 Å². The van der Waals surface area contributed by atoms with E-state index in [9.17, 15) is 8.42 Å². The fourth-order valence-electron chi connectivity index (χ4n) is 2.04. The Hall–Kier alpha value is -1.53. The number of benzene rings is 1. The van der Waals surface area contributed by atoms with Crippen LogP contribution in [0, 0.1) is 0 Å². The van der Waals surface area contributed by atoms with Crippen molar-refractivity contribution >= 4 is 27.1 Å². The summed E-state index contributed by atoms with van der Waals surface area (Å²) in [6, 6.07) is 7.00. The highest BCUT2D eigenvalue weighted by molar-refractivity contribution is 7.91. The fourth-order valence-corrected chi connectivity index (χ4v) is 3.29. The molecule has 0 aliphatic carbocycles. The van der Waals surface area contributed by atoms with E-state index in [1.165, 1.54) is 0 Å². The maximum absolute atomic E-state index is 11.7. The molecule has 114 valence electrons. The van der Waals surface area contributed by atoms with Crippen LogP contribution in [-0.2, 0) is 9.84 Å². The molecule has 1 heterocycles. The molecule has 7 heteroatoms. The highest BCUT2D eigenvalue weighted by Gasteiger charge is 2.15. The standard InChI is InChI=1S/C14H18ClN3O2S/c1-3-21(19,20)10-11(2)17-13-9-12(15)5-6-14(13)18-8-4-7-16-18/h4-9,11,17H,3,10H2,1-2H3. The van der Waals surface area contributed by atoms with Crippen LogP contribution in [0.4, 0.5) is 5.69 Å². The van der Waals surface area contributed by atoms with E-state index in [-0.39, 0.29) is 17.5 Å². The quantitative estimate of drug-likeness (QED) is 0.886. The zero-order valence-electron chi connectivity index (χ0n) is 12.0. The SMILES string of the molecule is CCS(=O)(=O)CC(C)Nc1cc(Cl)ccc1-n1cccn1. The number of sulfone groups is 1. The molecule has 5 nitrogen and oxygen atoms in total. The minimum Gasteiger partial charge on any atom is -0.380 e. The molecule has 2 aromatic rings. The molecule has 0 bridgehead atoms. The number of anilines is 1. The van der Waals surface area contributed by atoms with E-state index in [1.807, 2.05) is 25.3 Å². The molecule has 21 heavy (non-hydrogen) atoms. The minimum absolute atomic E-state index is 0.0779. The zero-order valence-corrected chi connectivity index (χ0v) is 13.5. The Kier molecular flexibility index (Phi) is 4.90. The largest absolute Gasteiger partial charge is 0.380 e. The van der Waals surface area contributed by atoms with Gasteiger partial charge in [0.1, 0.15) is 0 Å². The maximum atomic E-state index is 11.7. The van der Waals surface area contributed by atoms with Crippen LogP contribution in [0.3, 0.4) is 0 Å². The monoisotopic (exact) mass is 327 g/mol. The van der Waals surface area contributed by atoms with Gasteiger partial charge in [-0.25, -0.2) is 13.1 Å². The first-order valence-corrected chi connectivity index (χ1v) is 8.88.